The number of aromatic nitrogens is 1. The van der Waals surface area contributed by atoms with E-state index in [9.17, 15) is 9.59 Å². The monoisotopic (exact) mass is 304 g/mol. The highest BCUT2D eigenvalue weighted by molar-refractivity contribution is 7.09. The summed E-state index contributed by atoms with van der Waals surface area (Å²) in [5.74, 6) is -0.975. The molecule has 5 nitrogen and oxygen atoms in total. The maximum atomic E-state index is 12.2. The third-order valence-electron chi connectivity index (χ3n) is 3.21. The first-order valence-electron chi connectivity index (χ1n) is 6.42. The molecule has 0 atom stereocenters. The van der Waals surface area contributed by atoms with Crippen LogP contribution in [0.3, 0.4) is 0 Å². The summed E-state index contributed by atoms with van der Waals surface area (Å²) in [6.45, 7) is 2.47. The number of carboxylic acids is 1. The lowest BCUT2D eigenvalue weighted by molar-refractivity contribution is -0.129. The molecule has 110 valence electrons. The summed E-state index contributed by atoms with van der Waals surface area (Å²) in [6.07, 6.45) is 0.258. The van der Waals surface area contributed by atoms with Crippen LogP contribution in [0.5, 0.6) is 0 Å². The molecule has 1 aromatic carbocycles. The summed E-state index contributed by atoms with van der Waals surface area (Å²) >= 11 is 1.54. The van der Waals surface area contributed by atoms with Crippen molar-refractivity contribution in [2.24, 2.45) is 0 Å². The maximum absolute atomic E-state index is 12.2. The highest BCUT2D eigenvalue weighted by atomic mass is 32.1. The summed E-state index contributed by atoms with van der Waals surface area (Å²) in [7, 11) is 1.76. The van der Waals surface area contributed by atoms with E-state index in [4.69, 9.17) is 5.11 Å². The number of hydrogen-bond donors (Lipinski definition) is 1. The van der Waals surface area contributed by atoms with E-state index in [1.54, 1.807) is 29.6 Å². The van der Waals surface area contributed by atoms with E-state index < -0.39 is 5.97 Å². The van der Waals surface area contributed by atoms with Gasteiger partial charge in [-0.25, -0.2) is 9.78 Å². The molecule has 0 aliphatic heterocycles. The van der Waals surface area contributed by atoms with Crippen LogP contribution in [0.1, 0.15) is 26.5 Å². The number of aromatic carboxylic acids is 1. The average Bonchev–Trinajstić information content (AvgIpc) is 2.84. The molecule has 0 radical (unpaired) electrons. The average molecular weight is 304 g/mol. The van der Waals surface area contributed by atoms with E-state index in [-0.39, 0.29) is 17.9 Å². The van der Waals surface area contributed by atoms with Crippen molar-refractivity contribution < 1.29 is 14.7 Å². The van der Waals surface area contributed by atoms with Gasteiger partial charge in [-0.3, -0.25) is 4.79 Å². The molecule has 0 aliphatic carbocycles. The molecule has 0 bridgehead atoms. The van der Waals surface area contributed by atoms with E-state index in [1.807, 2.05) is 6.92 Å². The second-order valence-electron chi connectivity index (χ2n) is 4.79. The predicted octanol–water partition coefficient (Wildman–Crippen LogP) is 2.35. The van der Waals surface area contributed by atoms with E-state index >= 15 is 0 Å². The second kappa shape index (κ2) is 6.49. The Labute approximate surface area is 126 Å². The Morgan fingerprint density at radius 3 is 2.48 bits per heavy atom. The van der Waals surface area contributed by atoms with Gasteiger partial charge in [-0.15, -0.1) is 11.3 Å². The van der Waals surface area contributed by atoms with Crippen molar-refractivity contribution in [3.63, 3.8) is 0 Å². The van der Waals surface area contributed by atoms with E-state index in [1.165, 1.54) is 23.5 Å². The first-order chi connectivity index (χ1) is 9.97. The van der Waals surface area contributed by atoms with E-state index in [0.29, 0.717) is 6.54 Å². The molecule has 0 saturated heterocycles. The summed E-state index contributed by atoms with van der Waals surface area (Å²) in [6, 6.07) is 6.37. The first kappa shape index (κ1) is 15.2. The lowest BCUT2D eigenvalue weighted by Crippen LogP contribution is -2.27. The van der Waals surface area contributed by atoms with Gasteiger partial charge in [0.1, 0.15) is 0 Å². The van der Waals surface area contributed by atoms with Gasteiger partial charge in [-0.1, -0.05) is 12.1 Å². The zero-order chi connectivity index (χ0) is 15.4. The van der Waals surface area contributed by atoms with Gasteiger partial charge in [0.05, 0.1) is 29.7 Å². The molecule has 1 heterocycles. The number of carboxylic acid groups (broad SMARTS) is 1. The molecule has 0 saturated carbocycles. The second-order valence-corrected chi connectivity index (χ2v) is 5.73. The van der Waals surface area contributed by atoms with Crippen molar-refractivity contribution in [1.82, 2.24) is 9.88 Å². The summed E-state index contributed by atoms with van der Waals surface area (Å²) in [4.78, 5) is 29.8. The molecule has 0 fully saturated rings. The highest BCUT2D eigenvalue weighted by Gasteiger charge is 2.13. The van der Waals surface area contributed by atoms with Crippen molar-refractivity contribution in [2.75, 3.05) is 7.05 Å². The summed E-state index contributed by atoms with van der Waals surface area (Å²) in [5, 5.41) is 8.84. The quantitative estimate of drug-likeness (QED) is 0.920. The van der Waals surface area contributed by atoms with Crippen molar-refractivity contribution >= 4 is 23.2 Å². The number of aryl methyl sites for hydroxylation is 1. The minimum absolute atomic E-state index is 0.00845. The number of amides is 1. The van der Waals surface area contributed by atoms with Gasteiger partial charge in [0.15, 0.2) is 0 Å². The fourth-order valence-electron chi connectivity index (χ4n) is 1.86. The molecule has 1 aromatic heterocycles. The zero-order valence-electron chi connectivity index (χ0n) is 11.9. The van der Waals surface area contributed by atoms with Crippen LogP contribution in [0.2, 0.25) is 0 Å². The van der Waals surface area contributed by atoms with Crippen LogP contribution in [0, 0.1) is 6.92 Å². The molecule has 0 aliphatic rings. The largest absolute Gasteiger partial charge is 0.478 e. The number of carbonyl (C=O) groups is 2. The first-order valence-corrected chi connectivity index (χ1v) is 7.30. The molecule has 0 spiro atoms. The fourth-order valence-corrected chi connectivity index (χ4v) is 2.69. The van der Waals surface area contributed by atoms with Gasteiger partial charge in [0.25, 0.3) is 0 Å². The van der Waals surface area contributed by atoms with Crippen LogP contribution in [-0.2, 0) is 17.8 Å². The highest BCUT2D eigenvalue weighted by Crippen LogP contribution is 2.15. The topological polar surface area (TPSA) is 70.5 Å². The number of thiazole rings is 1. The SMILES string of the molecule is Cc1ncsc1CN(C)C(=O)Cc1ccc(C(=O)O)cc1. The number of benzene rings is 1. The number of nitrogens with zero attached hydrogens (tertiary/aromatic N) is 2. The molecule has 1 amide bonds. The fraction of sp³-hybridized carbons (Fsp3) is 0.267. The molecular weight excluding hydrogens is 288 g/mol. The van der Waals surface area contributed by atoms with Crippen LogP contribution in [0.15, 0.2) is 29.8 Å². The Morgan fingerprint density at radius 2 is 1.95 bits per heavy atom. The summed E-state index contributed by atoms with van der Waals surface area (Å²) < 4.78 is 0. The third kappa shape index (κ3) is 3.88. The van der Waals surface area contributed by atoms with Crippen LogP contribution in [0.25, 0.3) is 0 Å². The van der Waals surface area contributed by atoms with Crippen LogP contribution in [0.4, 0.5) is 0 Å². The van der Waals surface area contributed by atoms with Gasteiger partial charge in [0.2, 0.25) is 5.91 Å². The Hall–Kier alpha value is -2.21. The zero-order valence-corrected chi connectivity index (χ0v) is 12.7. The van der Waals surface area contributed by atoms with Crippen molar-refractivity contribution in [3.8, 4) is 0 Å². The number of likely N-dealkylation sites (N-methyl/N-ethyl adjacent to an activating group) is 1. The minimum atomic E-state index is -0.967. The molecule has 1 N–H and O–H groups in total. The predicted molar refractivity (Wildman–Crippen MR) is 80.4 cm³/mol. The van der Waals surface area contributed by atoms with Gasteiger partial charge in [-0.05, 0) is 24.6 Å². The smallest absolute Gasteiger partial charge is 0.335 e. The molecule has 2 rings (SSSR count). The van der Waals surface area contributed by atoms with Crippen molar-refractivity contribution in [3.05, 3.63) is 51.5 Å². The lowest BCUT2D eigenvalue weighted by Gasteiger charge is -2.16. The Bertz CT molecular complexity index is 649. The van der Waals surface area contributed by atoms with Gasteiger partial charge >= 0.3 is 5.97 Å². The van der Waals surface area contributed by atoms with Crippen LogP contribution < -0.4 is 0 Å². The standard InChI is InChI=1S/C15H16N2O3S/c1-10-13(21-9-16-10)8-17(2)14(18)7-11-3-5-12(6-4-11)15(19)20/h3-6,9H,7-8H2,1-2H3,(H,19,20). The Morgan fingerprint density at radius 1 is 1.29 bits per heavy atom. The Balaban J connectivity index is 1.97. The van der Waals surface area contributed by atoms with E-state index in [2.05, 4.69) is 4.98 Å². The van der Waals surface area contributed by atoms with Gasteiger partial charge in [-0.2, -0.15) is 0 Å². The van der Waals surface area contributed by atoms with Gasteiger partial charge < -0.3 is 10.0 Å². The van der Waals surface area contributed by atoms with Crippen molar-refractivity contribution in [1.29, 1.82) is 0 Å². The maximum Gasteiger partial charge on any atom is 0.335 e. The van der Waals surface area contributed by atoms with Gasteiger partial charge in [0, 0.05) is 11.9 Å². The number of rotatable bonds is 5. The molecule has 0 unspecified atom stereocenters. The third-order valence-corrected chi connectivity index (χ3v) is 4.13. The van der Waals surface area contributed by atoms with Crippen LogP contribution in [-0.4, -0.2) is 33.9 Å². The number of hydrogen-bond acceptors (Lipinski definition) is 4. The molecule has 2 aromatic rings. The molecule has 6 heteroatoms. The minimum Gasteiger partial charge on any atom is -0.478 e. The molecular formula is C15H16N2O3S. The lowest BCUT2D eigenvalue weighted by atomic mass is 10.1. The Kier molecular flexibility index (Phi) is 4.70. The normalized spacial score (nSPS) is 10.4. The number of carbonyl (C=O) groups excluding carboxylic acids is 1. The van der Waals surface area contributed by atoms with Crippen molar-refractivity contribution in [2.45, 2.75) is 19.9 Å². The summed E-state index contributed by atoms with van der Waals surface area (Å²) in [5.41, 5.74) is 3.75. The molecule has 21 heavy (non-hydrogen) atoms. The van der Waals surface area contributed by atoms with E-state index in [0.717, 1.165) is 16.1 Å². The van der Waals surface area contributed by atoms with Crippen LogP contribution >= 0.6 is 11.3 Å².